The van der Waals surface area contributed by atoms with Gasteiger partial charge in [0.25, 0.3) is 15.9 Å². The van der Waals surface area contributed by atoms with Crippen molar-refractivity contribution in [3.05, 3.63) is 58.5 Å². The molecule has 2 N–H and O–H groups in total. The minimum absolute atomic E-state index is 0.0555. The molecule has 7 nitrogen and oxygen atoms in total. The Morgan fingerprint density at radius 2 is 1.79 bits per heavy atom. The van der Waals surface area contributed by atoms with Crippen LogP contribution in [-0.2, 0) is 21.2 Å². The van der Waals surface area contributed by atoms with E-state index in [0.717, 1.165) is 29.8 Å². The molecule has 0 unspecified atom stereocenters. The van der Waals surface area contributed by atoms with Crippen molar-refractivity contribution in [2.75, 3.05) is 6.54 Å². The number of sulfonamides is 1. The summed E-state index contributed by atoms with van der Waals surface area (Å²) >= 11 is 0.923. The number of carbonyl (C=O) groups is 1. The first kappa shape index (κ1) is 20.9. The van der Waals surface area contributed by atoms with Gasteiger partial charge in [-0.3, -0.25) is 9.69 Å². The average molecular weight is 433 g/mol. The lowest BCUT2D eigenvalue weighted by molar-refractivity contribution is -0.122. The van der Waals surface area contributed by atoms with Crippen molar-refractivity contribution < 1.29 is 23.4 Å². The van der Waals surface area contributed by atoms with Gasteiger partial charge in [0.2, 0.25) is 0 Å². The minimum Gasteiger partial charge on any atom is -0.508 e. The zero-order valence-electron chi connectivity index (χ0n) is 15.9. The summed E-state index contributed by atoms with van der Waals surface area (Å²) in [7, 11) is -3.98. The maximum Gasteiger partial charge on any atom is 0.284 e. The first-order valence-corrected chi connectivity index (χ1v) is 11.2. The highest BCUT2D eigenvalue weighted by Crippen LogP contribution is 2.35. The smallest absolute Gasteiger partial charge is 0.284 e. The van der Waals surface area contributed by atoms with Crippen LogP contribution in [-0.4, -0.2) is 41.2 Å². The number of thioether (sulfide) groups is 1. The van der Waals surface area contributed by atoms with E-state index in [0.29, 0.717) is 5.56 Å². The van der Waals surface area contributed by atoms with Crippen LogP contribution < -0.4 is 0 Å². The Morgan fingerprint density at radius 3 is 2.38 bits per heavy atom. The first-order chi connectivity index (χ1) is 13.7. The molecule has 0 saturated carbocycles. The molecule has 1 aliphatic heterocycles. The van der Waals surface area contributed by atoms with Crippen molar-refractivity contribution in [1.82, 2.24) is 4.90 Å². The van der Waals surface area contributed by atoms with Gasteiger partial charge in [0, 0.05) is 18.2 Å². The van der Waals surface area contributed by atoms with Crippen molar-refractivity contribution in [3.63, 3.8) is 0 Å². The number of carbonyl (C=O) groups excluding carboxylic acids is 1. The number of aromatic hydroxyl groups is 2. The highest BCUT2D eigenvalue weighted by molar-refractivity contribution is 8.19. The molecule has 0 aliphatic carbocycles. The number of amides is 1. The van der Waals surface area contributed by atoms with Crippen molar-refractivity contribution in [1.29, 1.82) is 0 Å². The van der Waals surface area contributed by atoms with E-state index in [1.54, 1.807) is 19.1 Å². The van der Waals surface area contributed by atoms with Crippen molar-refractivity contribution >= 4 is 38.9 Å². The fourth-order valence-electron chi connectivity index (χ4n) is 2.70. The number of hydrogen-bond acceptors (Lipinski definition) is 6. The highest BCUT2D eigenvalue weighted by Gasteiger charge is 2.34. The molecule has 3 rings (SSSR count). The Labute approximate surface area is 173 Å². The monoisotopic (exact) mass is 432 g/mol. The molecule has 0 atom stereocenters. The van der Waals surface area contributed by atoms with Gasteiger partial charge in [0.1, 0.15) is 11.5 Å². The Hall–Kier alpha value is -2.78. The van der Waals surface area contributed by atoms with Gasteiger partial charge in [0.05, 0.1) is 9.80 Å². The summed E-state index contributed by atoms with van der Waals surface area (Å²) in [6.07, 6.45) is 2.23. The van der Waals surface area contributed by atoms with Gasteiger partial charge >= 0.3 is 0 Å². The number of rotatable bonds is 5. The standard InChI is InChI=1S/C20H20N2O5S2/c1-3-13-5-9-16(10-6-13)29(26,27)21-20-22(4-2)19(25)18(28-20)11-14-7-8-15(23)12-17(14)24/h5-12,23-24H,3-4H2,1-2H3. The minimum atomic E-state index is -3.98. The van der Waals surface area contributed by atoms with Gasteiger partial charge in [-0.1, -0.05) is 19.1 Å². The molecule has 0 bridgehead atoms. The summed E-state index contributed by atoms with van der Waals surface area (Å²) in [6.45, 7) is 3.94. The molecular formula is C20H20N2O5S2. The molecular weight excluding hydrogens is 412 g/mol. The van der Waals surface area contributed by atoms with E-state index in [9.17, 15) is 23.4 Å². The molecule has 1 saturated heterocycles. The normalized spacial score (nSPS) is 17.4. The van der Waals surface area contributed by atoms with Crippen molar-refractivity contribution in [3.8, 4) is 11.5 Å². The Balaban J connectivity index is 1.96. The molecule has 0 spiro atoms. The third-order valence-electron chi connectivity index (χ3n) is 4.33. The molecule has 2 aromatic rings. The van der Waals surface area contributed by atoms with Crippen LogP contribution in [0.5, 0.6) is 11.5 Å². The van der Waals surface area contributed by atoms with Crippen LogP contribution in [0.4, 0.5) is 0 Å². The Bertz CT molecular complexity index is 1110. The van der Waals surface area contributed by atoms with Gasteiger partial charge < -0.3 is 10.2 Å². The van der Waals surface area contributed by atoms with Gasteiger partial charge in [-0.25, -0.2) is 0 Å². The van der Waals surface area contributed by atoms with E-state index in [1.807, 2.05) is 6.92 Å². The summed E-state index contributed by atoms with van der Waals surface area (Å²) in [5.74, 6) is -0.698. The summed E-state index contributed by atoms with van der Waals surface area (Å²) in [5.41, 5.74) is 1.34. The number of aryl methyl sites for hydroxylation is 1. The summed E-state index contributed by atoms with van der Waals surface area (Å²) in [4.78, 5) is 14.2. The Kier molecular flexibility index (Phi) is 5.99. The lowest BCUT2D eigenvalue weighted by atomic mass is 10.1. The molecule has 0 aromatic heterocycles. The van der Waals surface area contributed by atoms with Gasteiger partial charge in [-0.05, 0) is 61.0 Å². The van der Waals surface area contributed by atoms with Crippen LogP contribution in [0.3, 0.4) is 0 Å². The van der Waals surface area contributed by atoms with Crippen LogP contribution >= 0.6 is 11.8 Å². The first-order valence-electron chi connectivity index (χ1n) is 8.92. The van der Waals surface area contributed by atoms with E-state index in [2.05, 4.69) is 4.40 Å². The second kappa shape index (κ2) is 8.30. The van der Waals surface area contributed by atoms with Gasteiger partial charge in [-0.2, -0.15) is 8.42 Å². The van der Waals surface area contributed by atoms with Gasteiger partial charge in [-0.15, -0.1) is 4.40 Å². The molecule has 9 heteroatoms. The van der Waals surface area contributed by atoms with E-state index in [1.165, 1.54) is 35.2 Å². The predicted octanol–water partition coefficient (Wildman–Crippen LogP) is 3.34. The van der Waals surface area contributed by atoms with Crippen LogP contribution in [0.1, 0.15) is 25.0 Å². The van der Waals surface area contributed by atoms with E-state index in [4.69, 9.17) is 0 Å². The summed E-state index contributed by atoms with van der Waals surface area (Å²) in [5, 5.41) is 19.4. The largest absolute Gasteiger partial charge is 0.508 e. The molecule has 29 heavy (non-hydrogen) atoms. The fourth-order valence-corrected chi connectivity index (χ4v) is 4.94. The second-order valence-electron chi connectivity index (χ2n) is 6.25. The number of benzene rings is 2. The van der Waals surface area contributed by atoms with Crippen molar-refractivity contribution in [2.24, 2.45) is 4.40 Å². The fraction of sp³-hybridized carbons (Fsp3) is 0.200. The maximum absolute atomic E-state index is 12.7. The third kappa shape index (κ3) is 4.46. The number of likely N-dealkylation sites (N-methyl/N-ethyl adjacent to an activating group) is 1. The second-order valence-corrected chi connectivity index (χ2v) is 8.86. The van der Waals surface area contributed by atoms with E-state index < -0.39 is 15.9 Å². The predicted molar refractivity (Wildman–Crippen MR) is 113 cm³/mol. The van der Waals surface area contributed by atoms with Crippen LogP contribution in [0, 0.1) is 0 Å². The van der Waals surface area contributed by atoms with Crippen LogP contribution in [0.25, 0.3) is 6.08 Å². The molecule has 1 amide bonds. The molecule has 152 valence electrons. The third-order valence-corrected chi connectivity index (χ3v) is 6.74. The number of amidine groups is 1. The van der Waals surface area contributed by atoms with E-state index >= 15 is 0 Å². The quantitative estimate of drug-likeness (QED) is 0.702. The summed E-state index contributed by atoms with van der Waals surface area (Å²) in [6, 6.07) is 10.5. The lowest BCUT2D eigenvalue weighted by Crippen LogP contribution is -2.29. The maximum atomic E-state index is 12.7. The molecule has 1 heterocycles. The SMILES string of the molecule is CCc1ccc(S(=O)(=O)N=C2SC(=Cc3ccc(O)cc3O)C(=O)N2CC)cc1. The number of phenolic OH excluding ortho intramolecular Hbond substituents is 2. The van der Waals surface area contributed by atoms with Gasteiger partial charge in [0.15, 0.2) is 5.17 Å². The molecule has 2 aromatic carbocycles. The molecule has 1 fully saturated rings. The molecule has 1 aliphatic rings. The Morgan fingerprint density at radius 1 is 1.10 bits per heavy atom. The zero-order chi connectivity index (χ0) is 21.2. The highest BCUT2D eigenvalue weighted by atomic mass is 32.2. The summed E-state index contributed by atoms with van der Waals surface area (Å²) < 4.78 is 29.3. The average Bonchev–Trinajstić information content (AvgIpc) is 2.97. The number of nitrogens with zero attached hydrogens (tertiary/aromatic N) is 2. The zero-order valence-corrected chi connectivity index (χ0v) is 17.5. The lowest BCUT2D eigenvalue weighted by Gasteiger charge is -2.12. The van der Waals surface area contributed by atoms with Crippen LogP contribution in [0.15, 0.2) is 56.7 Å². The number of phenols is 2. The molecule has 0 radical (unpaired) electrons. The topological polar surface area (TPSA) is 107 Å². The van der Waals surface area contributed by atoms with Crippen LogP contribution in [0.2, 0.25) is 0 Å². The van der Waals surface area contributed by atoms with E-state index in [-0.39, 0.29) is 33.0 Å². The number of hydrogen-bond donors (Lipinski definition) is 2. The van der Waals surface area contributed by atoms with Crippen molar-refractivity contribution in [2.45, 2.75) is 25.2 Å².